The summed E-state index contributed by atoms with van der Waals surface area (Å²) in [6, 6.07) is 12.8. The average Bonchev–Trinajstić information content (AvgIpc) is 3.28. The number of carbonyl (C=O) groups is 1. The van der Waals surface area contributed by atoms with Crippen LogP contribution >= 0.6 is 22.9 Å². The first-order chi connectivity index (χ1) is 13.5. The van der Waals surface area contributed by atoms with Gasteiger partial charge in [-0.3, -0.25) is 4.79 Å². The third-order valence-corrected chi connectivity index (χ3v) is 5.39. The molecule has 0 aliphatic carbocycles. The van der Waals surface area contributed by atoms with Gasteiger partial charge in [-0.2, -0.15) is 9.61 Å². The van der Waals surface area contributed by atoms with Crippen molar-refractivity contribution in [3.63, 3.8) is 0 Å². The van der Waals surface area contributed by atoms with Gasteiger partial charge in [-0.25, -0.2) is 0 Å². The van der Waals surface area contributed by atoms with Crippen LogP contribution in [-0.2, 0) is 6.54 Å². The molecule has 1 amide bonds. The second-order valence-corrected chi connectivity index (χ2v) is 7.47. The van der Waals surface area contributed by atoms with Crippen LogP contribution in [0.4, 0.5) is 0 Å². The van der Waals surface area contributed by atoms with Crippen molar-refractivity contribution < 1.29 is 9.53 Å². The first-order valence-electron chi connectivity index (χ1n) is 8.45. The molecule has 0 atom stereocenters. The van der Waals surface area contributed by atoms with Gasteiger partial charge in [0, 0.05) is 17.1 Å². The van der Waals surface area contributed by atoms with Crippen molar-refractivity contribution in [2.45, 2.75) is 13.5 Å². The van der Waals surface area contributed by atoms with Crippen LogP contribution in [0.1, 0.15) is 21.7 Å². The summed E-state index contributed by atoms with van der Waals surface area (Å²) in [5.41, 5.74) is 2.36. The van der Waals surface area contributed by atoms with E-state index in [-0.39, 0.29) is 5.91 Å². The van der Waals surface area contributed by atoms with E-state index in [0.29, 0.717) is 22.9 Å². The van der Waals surface area contributed by atoms with Gasteiger partial charge >= 0.3 is 0 Å². The van der Waals surface area contributed by atoms with E-state index in [1.807, 2.05) is 31.2 Å². The summed E-state index contributed by atoms with van der Waals surface area (Å²) in [4.78, 5) is 13.2. The van der Waals surface area contributed by atoms with Crippen LogP contribution in [0.3, 0.4) is 0 Å². The summed E-state index contributed by atoms with van der Waals surface area (Å²) in [5.74, 6) is 0.997. The van der Waals surface area contributed by atoms with Gasteiger partial charge in [-0.15, -0.1) is 10.2 Å². The Morgan fingerprint density at radius 3 is 2.71 bits per heavy atom. The molecule has 2 aromatic heterocycles. The molecule has 28 heavy (non-hydrogen) atoms. The van der Waals surface area contributed by atoms with Crippen molar-refractivity contribution in [1.82, 2.24) is 25.1 Å². The van der Waals surface area contributed by atoms with Gasteiger partial charge < -0.3 is 10.1 Å². The number of halogens is 1. The molecular weight excluding hydrogens is 398 g/mol. The lowest BCUT2D eigenvalue weighted by Crippen LogP contribution is -2.23. The number of methoxy groups -OCH3 is 1. The number of carbonyl (C=O) groups excluding carboxylic acids is 1. The van der Waals surface area contributed by atoms with Crippen molar-refractivity contribution in [3.8, 4) is 16.3 Å². The molecule has 2 aromatic carbocycles. The van der Waals surface area contributed by atoms with Crippen molar-refractivity contribution in [2.24, 2.45) is 0 Å². The third-order valence-electron chi connectivity index (χ3n) is 4.21. The predicted molar refractivity (Wildman–Crippen MR) is 108 cm³/mol. The molecule has 0 aliphatic rings. The number of ether oxygens (including phenoxy) is 1. The molecule has 0 saturated heterocycles. The summed E-state index contributed by atoms with van der Waals surface area (Å²) in [6.45, 7) is 2.25. The number of hydrogen-bond donors (Lipinski definition) is 1. The Morgan fingerprint density at radius 1 is 1.21 bits per heavy atom. The molecule has 0 radical (unpaired) electrons. The Hall–Kier alpha value is -2.97. The zero-order chi connectivity index (χ0) is 19.7. The van der Waals surface area contributed by atoms with Gasteiger partial charge in [0.05, 0.1) is 12.7 Å². The highest BCUT2D eigenvalue weighted by molar-refractivity contribution is 7.19. The summed E-state index contributed by atoms with van der Waals surface area (Å²) in [5, 5.41) is 16.8. The fourth-order valence-corrected chi connectivity index (χ4v) is 3.79. The first-order valence-corrected chi connectivity index (χ1v) is 9.64. The number of fused-ring (bicyclic) bond motifs is 1. The molecule has 0 bridgehead atoms. The molecule has 4 rings (SSSR count). The van der Waals surface area contributed by atoms with Crippen molar-refractivity contribution in [3.05, 3.63) is 64.4 Å². The molecular formula is C19H16ClN5O2S. The van der Waals surface area contributed by atoms with Gasteiger partial charge in [0.1, 0.15) is 10.8 Å². The molecule has 2 heterocycles. The van der Waals surface area contributed by atoms with Gasteiger partial charge in [0.25, 0.3) is 5.91 Å². The Bertz CT molecular complexity index is 1150. The normalized spacial score (nSPS) is 11.0. The van der Waals surface area contributed by atoms with Gasteiger partial charge in [0.2, 0.25) is 4.96 Å². The zero-order valence-electron chi connectivity index (χ0n) is 15.1. The number of amides is 1. The van der Waals surface area contributed by atoms with Gasteiger partial charge in [-0.1, -0.05) is 47.2 Å². The minimum Gasteiger partial charge on any atom is -0.496 e. The summed E-state index contributed by atoms with van der Waals surface area (Å²) in [6.07, 6.45) is 0. The van der Waals surface area contributed by atoms with Gasteiger partial charge in [0.15, 0.2) is 5.82 Å². The fourth-order valence-electron chi connectivity index (χ4n) is 2.73. The Labute approximate surface area is 169 Å². The highest BCUT2D eigenvalue weighted by Gasteiger charge is 2.13. The minimum absolute atomic E-state index is 0.243. The number of nitrogens with zero attached hydrogens (tertiary/aromatic N) is 4. The second-order valence-electron chi connectivity index (χ2n) is 6.07. The monoisotopic (exact) mass is 413 g/mol. The maximum absolute atomic E-state index is 12.5. The van der Waals surface area contributed by atoms with E-state index < -0.39 is 0 Å². The summed E-state index contributed by atoms with van der Waals surface area (Å²) < 4.78 is 6.96. The van der Waals surface area contributed by atoms with Gasteiger partial charge in [-0.05, 0) is 30.7 Å². The topological polar surface area (TPSA) is 81.4 Å². The van der Waals surface area contributed by atoms with E-state index in [1.165, 1.54) is 18.4 Å². The first kappa shape index (κ1) is 18.4. The van der Waals surface area contributed by atoms with E-state index in [2.05, 4.69) is 20.6 Å². The van der Waals surface area contributed by atoms with E-state index >= 15 is 0 Å². The van der Waals surface area contributed by atoms with Crippen LogP contribution < -0.4 is 10.1 Å². The number of hydrogen-bond acceptors (Lipinski definition) is 6. The maximum Gasteiger partial charge on any atom is 0.255 e. The van der Waals surface area contributed by atoms with Crippen LogP contribution in [0.15, 0.2) is 42.5 Å². The van der Waals surface area contributed by atoms with E-state index in [9.17, 15) is 4.79 Å². The molecule has 9 heteroatoms. The number of aryl methyl sites for hydroxylation is 1. The summed E-state index contributed by atoms with van der Waals surface area (Å²) in [7, 11) is 1.52. The molecule has 0 spiro atoms. The number of rotatable bonds is 5. The molecule has 0 aliphatic heterocycles. The molecule has 142 valence electrons. The smallest absolute Gasteiger partial charge is 0.255 e. The maximum atomic E-state index is 12.5. The van der Waals surface area contributed by atoms with Crippen LogP contribution in [0, 0.1) is 6.92 Å². The van der Waals surface area contributed by atoms with E-state index in [4.69, 9.17) is 16.3 Å². The lowest BCUT2D eigenvalue weighted by molar-refractivity contribution is 0.0948. The van der Waals surface area contributed by atoms with Crippen LogP contribution in [0.25, 0.3) is 15.5 Å². The van der Waals surface area contributed by atoms with E-state index in [1.54, 1.807) is 22.7 Å². The zero-order valence-corrected chi connectivity index (χ0v) is 16.7. The van der Waals surface area contributed by atoms with Crippen LogP contribution in [0.5, 0.6) is 5.75 Å². The van der Waals surface area contributed by atoms with Crippen molar-refractivity contribution >= 4 is 33.8 Å². The second kappa shape index (κ2) is 7.57. The molecule has 0 saturated carbocycles. The molecule has 4 aromatic rings. The van der Waals surface area contributed by atoms with Crippen LogP contribution in [0.2, 0.25) is 5.02 Å². The van der Waals surface area contributed by atoms with E-state index in [0.717, 1.165) is 26.9 Å². The molecule has 0 fully saturated rings. The Morgan fingerprint density at radius 2 is 2.00 bits per heavy atom. The van der Waals surface area contributed by atoms with Crippen LogP contribution in [-0.4, -0.2) is 32.8 Å². The lowest BCUT2D eigenvalue weighted by Gasteiger charge is -2.10. The SMILES string of the molecule is COc1ccc(Cl)cc1C(=O)NCc1ccc(-c2nn3c(C)nnc3s2)cc1. The van der Waals surface area contributed by atoms with Crippen molar-refractivity contribution in [2.75, 3.05) is 7.11 Å². The quantitative estimate of drug-likeness (QED) is 0.538. The number of nitrogens with one attached hydrogen (secondary N) is 1. The highest BCUT2D eigenvalue weighted by atomic mass is 35.5. The largest absolute Gasteiger partial charge is 0.496 e. The number of aromatic nitrogens is 4. The Balaban J connectivity index is 1.46. The minimum atomic E-state index is -0.243. The lowest BCUT2D eigenvalue weighted by atomic mass is 10.1. The fraction of sp³-hybridized carbons (Fsp3) is 0.158. The standard InChI is InChI=1S/C19H16ClN5O2S/c1-11-22-23-19-25(11)24-18(28-19)13-5-3-12(4-6-13)10-21-17(26)15-9-14(20)7-8-16(15)27-2/h3-9H,10H2,1-2H3,(H,21,26). The summed E-state index contributed by atoms with van der Waals surface area (Å²) >= 11 is 7.47. The number of benzene rings is 2. The van der Waals surface area contributed by atoms with Crippen molar-refractivity contribution in [1.29, 1.82) is 0 Å². The molecule has 1 N–H and O–H groups in total. The molecule has 0 unspecified atom stereocenters. The predicted octanol–water partition coefficient (Wildman–Crippen LogP) is 3.75. The average molecular weight is 414 g/mol. The highest BCUT2D eigenvalue weighted by Crippen LogP contribution is 2.26. The third kappa shape index (κ3) is 3.56. The Kier molecular flexibility index (Phi) is 4.97. The molecule has 7 nitrogen and oxygen atoms in total.